The van der Waals surface area contributed by atoms with Crippen molar-refractivity contribution in [1.29, 1.82) is 0 Å². The Morgan fingerprint density at radius 3 is 3.00 bits per heavy atom. The fraction of sp³-hybridized carbons (Fsp3) is 0.375. The van der Waals surface area contributed by atoms with Crippen molar-refractivity contribution in [1.82, 2.24) is 14.5 Å². The van der Waals surface area contributed by atoms with Crippen LogP contribution in [0.15, 0.2) is 24.4 Å². The number of benzene rings is 1. The predicted molar refractivity (Wildman–Crippen MR) is 87.1 cm³/mol. The van der Waals surface area contributed by atoms with Crippen LogP contribution in [-0.4, -0.2) is 43.3 Å². The summed E-state index contributed by atoms with van der Waals surface area (Å²) in [5, 5.41) is 19.9. The first-order valence-electron chi connectivity index (χ1n) is 8.10. The first-order valence-corrected chi connectivity index (χ1v) is 8.10. The molecule has 1 N–H and O–H groups in total. The van der Waals surface area contributed by atoms with Gasteiger partial charge in [0.05, 0.1) is 0 Å². The van der Waals surface area contributed by atoms with Crippen LogP contribution in [-0.2, 0) is 19.6 Å². The van der Waals surface area contributed by atoms with E-state index < -0.39 is 11.0 Å². The molecule has 136 valence electrons. The Bertz CT molecular complexity index is 880. The molecule has 10 nitrogen and oxygen atoms in total. The highest BCUT2D eigenvalue weighted by atomic mass is 16.6. The van der Waals surface area contributed by atoms with Gasteiger partial charge >= 0.3 is 17.9 Å². The topological polar surface area (TPSA) is 120 Å². The number of nitro groups is 1. The molecular formula is C16H16N4O6. The van der Waals surface area contributed by atoms with E-state index in [1.54, 1.807) is 10.6 Å². The van der Waals surface area contributed by atoms with Crippen molar-refractivity contribution in [3.05, 3.63) is 45.6 Å². The summed E-state index contributed by atoms with van der Waals surface area (Å²) < 4.78 is 13.1. The van der Waals surface area contributed by atoms with Crippen LogP contribution in [0.4, 0.5) is 10.6 Å². The van der Waals surface area contributed by atoms with Crippen molar-refractivity contribution >= 4 is 11.9 Å². The van der Waals surface area contributed by atoms with Crippen LogP contribution >= 0.6 is 0 Å². The van der Waals surface area contributed by atoms with Gasteiger partial charge in [-0.3, -0.25) is 9.47 Å². The summed E-state index contributed by atoms with van der Waals surface area (Å²) in [5.74, 6) is 0.405. The zero-order valence-electron chi connectivity index (χ0n) is 13.7. The summed E-state index contributed by atoms with van der Waals surface area (Å²) in [5.41, 5.74) is 1.91. The second kappa shape index (κ2) is 6.21. The lowest BCUT2D eigenvalue weighted by Gasteiger charge is -2.22. The number of hydrogen-bond donors (Lipinski definition) is 1. The van der Waals surface area contributed by atoms with E-state index in [0.29, 0.717) is 31.8 Å². The molecule has 26 heavy (non-hydrogen) atoms. The van der Waals surface area contributed by atoms with Crippen molar-refractivity contribution in [2.75, 3.05) is 6.61 Å². The third kappa shape index (κ3) is 3.01. The van der Waals surface area contributed by atoms with Gasteiger partial charge in [-0.25, -0.2) is 4.79 Å². The minimum Gasteiger partial charge on any atom is -0.490 e. The van der Waals surface area contributed by atoms with Crippen LogP contribution in [0.5, 0.6) is 11.8 Å². The number of ether oxygens (including phenoxy) is 2. The zero-order chi connectivity index (χ0) is 18.3. The Morgan fingerprint density at radius 1 is 1.42 bits per heavy atom. The van der Waals surface area contributed by atoms with Crippen LogP contribution in [0.2, 0.25) is 0 Å². The van der Waals surface area contributed by atoms with E-state index in [1.165, 1.54) is 11.1 Å². The van der Waals surface area contributed by atoms with E-state index in [0.717, 1.165) is 11.1 Å². The van der Waals surface area contributed by atoms with E-state index >= 15 is 0 Å². The lowest BCUT2D eigenvalue weighted by molar-refractivity contribution is -0.389. The van der Waals surface area contributed by atoms with Gasteiger partial charge in [-0.1, -0.05) is 6.07 Å². The number of fused-ring (bicyclic) bond motifs is 2. The van der Waals surface area contributed by atoms with Crippen LogP contribution < -0.4 is 9.47 Å². The molecule has 0 fully saturated rings. The Hall–Kier alpha value is -3.30. The highest BCUT2D eigenvalue weighted by molar-refractivity contribution is 5.66. The highest BCUT2D eigenvalue weighted by Gasteiger charge is 2.29. The first-order chi connectivity index (χ1) is 12.5. The minimum atomic E-state index is -0.941. The lowest BCUT2D eigenvalue weighted by atomic mass is 10.1. The van der Waals surface area contributed by atoms with Gasteiger partial charge in [-0.2, -0.15) is 0 Å². The maximum atomic E-state index is 11.1. The maximum Gasteiger partial charge on any atom is 0.414 e. The molecule has 1 aromatic carbocycles. The lowest BCUT2D eigenvalue weighted by Crippen LogP contribution is -2.31. The summed E-state index contributed by atoms with van der Waals surface area (Å²) in [6.45, 7) is 1.59. The largest absolute Gasteiger partial charge is 0.490 e. The Kier molecular flexibility index (Phi) is 3.86. The number of aryl methyl sites for hydroxylation is 1. The van der Waals surface area contributed by atoms with Crippen LogP contribution in [0.25, 0.3) is 0 Å². The molecule has 4 rings (SSSR count). The van der Waals surface area contributed by atoms with Gasteiger partial charge in [0.25, 0.3) is 0 Å². The zero-order valence-corrected chi connectivity index (χ0v) is 13.7. The molecule has 10 heteroatoms. The van der Waals surface area contributed by atoms with E-state index in [-0.39, 0.29) is 24.5 Å². The summed E-state index contributed by atoms with van der Waals surface area (Å²) in [6, 6.07) is 5.74. The minimum absolute atomic E-state index is 0.225. The van der Waals surface area contributed by atoms with Crippen molar-refractivity contribution < 1.29 is 24.3 Å². The number of imidazole rings is 1. The molecule has 0 spiro atoms. The molecule has 3 heterocycles. The molecule has 2 aliphatic heterocycles. The number of rotatable bonds is 4. The SMILES string of the molecule is O=C(O)N1Cc2ccc(OC[C@@H]3CCn4cc([N+](=O)[O-])nc4O3)cc2C1. The average Bonchev–Trinajstić information content (AvgIpc) is 3.23. The number of amides is 1. The summed E-state index contributed by atoms with van der Waals surface area (Å²) in [4.78, 5) is 26.5. The van der Waals surface area contributed by atoms with Gasteiger partial charge in [-0.15, -0.1) is 0 Å². The molecule has 0 unspecified atom stereocenters. The fourth-order valence-electron chi connectivity index (χ4n) is 3.12. The van der Waals surface area contributed by atoms with Gasteiger partial charge in [0.15, 0.2) is 0 Å². The summed E-state index contributed by atoms with van der Waals surface area (Å²) in [6.07, 6.45) is 0.816. The quantitative estimate of drug-likeness (QED) is 0.654. The standard InChI is InChI=1S/C16H16N4O6/c21-16(22)19-6-10-1-2-12(5-11(10)7-19)25-9-13-3-4-18-8-14(20(23)24)17-15(18)26-13/h1-2,5,8,13H,3-4,6-7,9H2,(H,21,22)/t13-/m0/s1. The number of hydrogen-bond acceptors (Lipinski definition) is 6. The van der Waals surface area contributed by atoms with Crippen molar-refractivity contribution in [3.63, 3.8) is 0 Å². The molecule has 2 aliphatic rings. The molecule has 1 aromatic heterocycles. The number of aromatic nitrogens is 2. The number of carbonyl (C=O) groups is 1. The van der Waals surface area contributed by atoms with Gasteiger partial charge in [0, 0.05) is 31.0 Å². The van der Waals surface area contributed by atoms with Gasteiger partial charge in [0.1, 0.15) is 24.7 Å². The average molecular weight is 360 g/mol. The maximum absolute atomic E-state index is 11.1. The van der Waals surface area contributed by atoms with E-state index in [4.69, 9.17) is 14.6 Å². The smallest absolute Gasteiger partial charge is 0.414 e. The molecule has 1 atom stereocenters. The van der Waals surface area contributed by atoms with Crippen LogP contribution in [0.1, 0.15) is 17.5 Å². The molecule has 0 saturated carbocycles. The molecule has 0 bridgehead atoms. The fourth-order valence-corrected chi connectivity index (χ4v) is 3.12. The van der Waals surface area contributed by atoms with E-state index in [1.807, 2.05) is 12.1 Å². The number of carboxylic acid groups (broad SMARTS) is 1. The number of nitrogens with zero attached hydrogens (tertiary/aromatic N) is 4. The molecular weight excluding hydrogens is 344 g/mol. The molecule has 0 radical (unpaired) electrons. The summed E-state index contributed by atoms with van der Waals surface area (Å²) >= 11 is 0. The van der Waals surface area contributed by atoms with E-state index in [9.17, 15) is 14.9 Å². The van der Waals surface area contributed by atoms with Gasteiger partial charge in [0.2, 0.25) is 0 Å². The molecule has 1 amide bonds. The molecule has 0 aliphatic carbocycles. The normalized spacial score (nSPS) is 18.0. The molecule has 2 aromatic rings. The van der Waals surface area contributed by atoms with Crippen LogP contribution in [0.3, 0.4) is 0 Å². The van der Waals surface area contributed by atoms with Gasteiger partial charge in [-0.05, 0) is 28.2 Å². The van der Waals surface area contributed by atoms with Gasteiger partial charge < -0.3 is 24.7 Å². The highest BCUT2D eigenvalue weighted by Crippen LogP contribution is 2.28. The second-order valence-corrected chi connectivity index (χ2v) is 6.24. The van der Waals surface area contributed by atoms with Crippen molar-refractivity contribution in [2.45, 2.75) is 32.2 Å². The Morgan fingerprint density at radius 2 is 2.23 bits per heavy atom. The summed E-state index contributed by atoms with van der Waals surface area (Å²) in [7, 11) is 0. The first kappa shape index (κ1) is 16.2. The van der Waals surface area contributed by atoms with Crippen molar-refractivity contribution in [3.8, 4) is 11.8 Å². The monoisotopic (exact) mass is 360 g/mol. The van der Waals surface area contributed by atoms with Crippen LogP contribution in [0, 0.1) is 10.1 Å². The van der Waals surface area contributed by atoms with E-state index in [2.05, 4.69) is 4.98 Å². The molecule has 0 saturated heterocycles. The Balaban J connectivity index is 1.37. The predicted octanol–water partition coefficient (Wildman–Crippen LogP) is 2.01. The van der Waals surface area contributed by atoms with Crippen molar-refractivity contribution in [2.24, 2.45) is 0 Å². The third-order valence-electron chi connectivity index (χ3n) is 4.48. The second-order valence-electron chi connectivity index (χ2n) is 6.24. The Labute approximate surface area is 147 Å². The third-order valence-corrected chi connectivity index (χ3v) is 4.48.